The van der Waals surface area contributed by atoms with E-state index in [1.165, 1.54) is 0 Å². The molecular weight excluding hydrogens is 384 g/mol. The molecule has 3 rings (SSSR count). The monoisotopic (exact) mass is 412 g/mol. The predicted molar refractivity (Wildman–Crippen MR) is 117 cm³/mol. The van der Waals surface area contributed by atoms with Crippen molar-refractivity contribution in [2.45, 2.75) is 26.2 Å². The molecule has 0 saturated heterocycles. The first-order chi connectivity index (χ1) is 14.5. The molecule has 0 aliphatic carbocycles. The highest BCUT2D eigenvalue weighted by Crippen LogP contribution is 2.42. The maximum absolute atomic E-state index is 5.56. The second-order valence-corrected chi connectivity index (χ2v) is 6.86. The summed E-state index contributed by atoms with van der Waals surface area (Å²) >= 11 is 0. The number of hydrogen-bond acceptors (Lipinski definition) is 7. The molecule has 0 spiro atoms. The Morgan fingerprint density at radius 1 is 0.733 bits per heavy atom. The smallest absolute Gasteiger partial charge is 0.203 e. The third-order valence-electron chi connectivity index (χ3n) is 5.34. The summed E-state index contributed by atoms with van der Waals surface area (Å²) in [5, 5.41) is 9.13. The van der Waals surface area contributed by atoms with E-state index < -0.39 is 0 Å². The molecule has 1 aliphatic rings. The fourth-order valence-corrected chi connectivity index (χ4v) is 3.81. The summed E-state index contributed by atoms with van der Waals surface area (Å²) in [6, 6.07) is 7.71. The van der Waals surface area contributed by atoms with E-state index >= 15 is 0 Å². The predicted octanol–water partition coefficient (Wildman–Crippen LogP) is 4.45. The Morgan fingerprint density at radius 3 is 1.80 bits per heavy atom. The second kappa shape index (κ2) is 9.07. The van der Waals surface area contributed by atoms with Crippen LogP contribution in [-0.2, 0) is 0 Å². The van der Waals surface area contributed by atoms with Crippen molar-refractivity contribution in [3.8, 4) is 28.7 Å². The molecule has 1 aliphatic heterocycles. The van der Waals surface area contributed by atoms with Crippen LogP contribution in [0.3, 0.4) is 0 Å². The second-order valence-electron chi connectivity index (χ2n) is 6.86. The minimum absolute atomic E-state index is 0.114. The molecule has 0 saturated carbocycles. The molecule has 0 aromatic heterocycles. The van der Waals surface area contributed by atoms with Gasteiger partial charge in [-0.15, -0.1) is 5.10 Å². The maximum Gasteiger partial charge on any atom is 0.203 e. The number of benzene rings is 2. The van der Waals surface area contributed by atoms with Crippen LogP contribution in [0.1, 0.15) is 42.9 Å². The largest absolute Gasteiger partial charge is 0.493 e. The normalized spacial score (nSPS) is 15.4. The van der Waals surface area contributed by atoms with Gasteiger partial charge < -0.3 is 23.7 Å². The van der Waals surface area contributed by atoms with Gasteiger partial charge in [0.05, 0.1) is 35.5 Å². The van der Waals surface area contributed by atoms with Crippen LogP contribution in [0.25, 0.3) is 0 Å². The van der Waals surface area contributed by atoms with Crippen LogP contribution in [0.4, 0.5) is 0 Å². The van der Waals surface area contributed by atoms with Gasteiger partial charge in [0.15, 0.2) is 23.0 Å². The van der Waals surface area contributed by atoms with Crippen molar-refractivity contribution in [1.82, 2.24) is 0 Å². The van der Waals surface area contributed by atoms with Crippen LogP contribution in [0, 0.1) is 0 Å². The summed E-state index contributed by atoms with van der Waals surface area (Å²) < 4.78 is 27.6. The Bertz CT molecular complexity index is 972. The lowest BCUT2D eigenvalue weighted by Crippen LogP contribution is -2.13. The number of methoxy groups -OCH3 is 5. The van der Waals surface area contributed by atoms with Crippen LogP contribution < -0.4 is 23.7 Å². The molecular formula is C23H28N2O5. The third-order valence-corrected chi connectivity index (χ3v) is 5.34. The molecule has 0 fully saturated rings. The van der Waals surface area contributed by atoms with Gasteiger partial charge in [0.1, 0.15) is 5.71 Å². The molecule has 1 heterocycles. The summed E-state index contributed by atoms with van der Waals surface area (Å²) in [7, 11) is 8.02. The van der Waals surface area contributed by atoms with Crippen molar-refractivity contribution in [2.24, 2.45) is 10.2 Å². The molecule has 1 atom stereocenters. The molecule has 2 aromatic carbocycles. The summed E-state index contributed by atoms with van der Waals surface area (Å²) in [6.45, 7) is 4.13. The minimum atomic E-state index is 0.114. The van der Waals surface area contributed by atoms with Crippen molar-refractivity contribution in [2.75, 3.05) is 35.5 Å². The first-order valence-corrected chi connectivity index (χ1v) is 9.71. The highest BCUT2D eigenvalue weighted by molar-refractivity contribution is 6.16. The first kappa shape index (κ1) is 21.5. The van der Waals surface area contributed by atoms with Crippen LogP contribution >= 0.6 is 0 Å². The lowest BCUT2D eigenvalue weighted by atomic mass is 9.85. The fraction of sp³-hybridized carbons (Fsp3) is 0.391. The van der Waals surface area contributed by atoms with E-state index in [9.17, 15) is 0 Å². The Kier molecular flexibility index (Phi) is 6.50. The highest BCUT2D eigenvalue weighted by atomic mass is 16.5. The average molecular weight is 412 g/mol. The summed E-state index contributed by atoms with van der Waals surface area (Å²) in [5.41, 5.74) is 4.44. The lowest BCUT2D eigenvalue weighted by Gasteiger charge is -2.20. The Balaban J connectivity index is 2.31. The van der Waals surface area contributed by atoms with Gasteiger partial charge in [-0.2, -0.15) is 5.10 Å². The quantitative estimate of drug-likeness (QED) is 0.672. The summed E-state index contributed by atoms with van der Waals surface area (Å²) in [5.74, 6) is 3.04. The zero-order valence-corrected chi connectivity index (χ0v) is 18.5. The number of hydrogen-bond donors (Lipinski definition) is 0. The van der Waals surface area contributed by atoms with E-state index in [4.69, 9.17) is 23.7 Å². The highest BCUT2D eigenvalue weighted by Gasteiger charge is 2.27. The first-order valence-electron chi connectivity index (χ1n) is 9.71. The standard InChI is InChI=1S/C23H28N2O5/c1-8-15-13(2)24-25-22(17-12-19(27-4)18(26-3)11-16(15)17)14-9-20(28-5)23(30-7)21(10-14)29-6/h9-12,15H,8H2,1-7H3. The Morgan fingerprint density at radius 2 is 1.30 bits per heavy atom. The topological polar surface area (TPSA) is 70.9 Å². The SMILES string of the molecule is CCC1C(C)=NN=C(c2cc(OC)c(OC)c(OC)c2)c2cc(OC)c(OC)cc21. The van der Waals surface area contributed by atoms with Gasteiger partial charge in [0.25, 0.3) is 0 Å². The van der Waals surface area contributed by atoms with E-state index in [2.05, 4.69) is 17.1 Å². The minimum Gasteiger partial charge on any atom is -0.493 e. The third kappa shape index (κ3) is 3.67. The number of fused-ring (bicyclic) bond motifs is 1. The van der Waals surface area contributed by atoms with Gasteiger partial charge >= 0.3 is 0 Å². The molecule has 7 nitrogen and oxygen atoms in total. The number of rotatable bonds is 7. The van der Waals surface area contributed by atoms with Gasteiger partial charge in [-0.1, -0.05) is 6.92 Å². The number of nitrogens with zero attached hydrogens (tertiary/aromatic N) is 2. The molecule has 0 amide bonds. The molecule has 0 bridgehead atoms. The van der Waals surface area contributed by atoms with E-state index in [1.807, 2.05) is 31.2 Å². The zero-order chi connectivity index (χ0) is 21.8. The van der Waals surface area contributed by atoms with Crippen LogP contribution in [-0.4, -0.2) is 47.0 Å². The Hall–Kier alpha value is -3.22. The van der Waals surface area contributed by atoms with Gasteiger partial charge in [-0.25, -0.2) is 0 Å². The fourth-order valence-electron chi connectivity index (χ4n) is 3.81. The average Bonchev–Trinajstić information content (AvgIpc) is 2.91. The van der Waals surface area contributed by atoms with Crippen molar-refractivity contribution in [1.29, 1.82) is 0 Å². The molecule has 2 aromatic rings. The zero-order valence-electron chi connectivity index (χ0n) is 18.5. The van der Waals surface area contributed by atoms with Gasteiger partial charge in [-0.3, -0.25) is 0 Å². The van der Waals surface area contributed by atoms with E-state index in [1.54, 1.807) is 35.5 Å². The van der Waals surface area contributed by atoms with Crippen LogP contribution in [0.5, 0.6) is 28.7 Å². The van der Waals surface area contributed by atoms with Crippen molar-refractivity contribution in [3.05, 3.63) is 41.0 Å². The molecule has 0 N–H and O–H groups in total. The van der Waals surface area contributed by atoms with Gasteiger partial charge in [0.2, 0.25) is 5.75 Å². The number of ether oxygens (including phenoxy) is 5. The van der Waals surface area contributed by atoms with E-state index in [-0.39, 0.29) is 5.92 Å². The van der Waals surface area contributed by atoms with E-state index in [0.29, 0.717) is 34.5 Å². The summed E-state index contributed by atoms with van der Waals surface area (Å²) in [4.78, 5) is 0. The molecule has 1 unspecified atom stereocenters. The van der Waals surface area contributed by atoms with Gasteiger partial charge in [0, 0.05) is 22.8 Å². The van der Waals surface area contributed by atoms with Crippen LogP contribution in [0.2, 0.25) is 0 Å². The van der Waals surface area contributed by atoms with Crippen LogP contribution in [0.15, 0.2) is 34.5 Å². The van der Waals surface area contributed by atoms with Crippen molar-refractivity contribution < 1.29 is 23.7 Å². The summed E-state index contributed by atoms with van der Waals surface area (Å²) in [6.07, 6.45) is 0.885. The molecule has 0 radical (unpaired) electrons. The maximum atomic E-state index is 5.56. The van der Waals surface area contributed by atoms with E-state index in [0.717, 1.165) is 28.8 Å². The molecule has 160 valence electrons. The Labute approximate surface area is 177 Å². The lowest BCUT2D eigenvalue weighted by molar-refractivity contribution is 0.324. The van der Waals surface area contributed by atoms with Crippen molar-refractivity contribution >= 4 is 11.4 Å². The van der Waals surface area contributed by atoms with Crippen molar-refractivity contribution in [3.63, 3.8) is 0 Å². The molecule has 30 heavy (non-hydrogen) atoms. The van der Waals surface area contributed by atoms with Gasteiger partial charge in [-0.05, 0) is 43.2 Å². The molecule has 7 heteroatoms.